The highest BCUT2D eigenvalue weighted by Crippen LogP contribution is 2.33. The molecule has 0 amide bonds. The van der Waals surface area contributed by atoms with Gasteiger partial charge in [-0.3, -0.25) is 0 Å². The van der Waals surface area contributed by atoms with Crippen molar-refractivity contribution in [3.8, 4) is 0 Å². The lowest BCUT2D eigenvalue weighted by Gasteiger charge is -2.37. The minimum Gasteiger partial charge on any atom is -0.399 e. The molecule has 0 aliphatic carbocycles. The molecule has 0 radical (unpaired) electrons. The van der Waals surface area contributed by atoms with E-state index >= 15 is 0 Å². The van der Waals surface area contributed by atoms with Gasteiger partial charge >= 0.3 is 0 Å². The van der Waals surface area contributed by atoms with Crippen molar-refractivity contribution < 1.29 is 12.8 Å². The molecule has 1 aromatic carbocycles. The van der Waals surface area contributed by atoms with Gasteiger partial charge in [-0.15, -0.1) is 0 Å². The smallest absolute Gasteiger partial charge is 0.246 e. The zero-order chi connectivity index (χ0) is 15.1. The number of anilines is 1. The van der Waals surface area contributed by atoms with Crippen LogP contribution in [0.15, 0.2) is 21.5 Å². The van der Waals surface area contributed by atoms with E-state index < -0.39 is 15.8 Å². The normalized spacial score (nSPS) is 24.8. The molecular weight excluding hydrogens is 347 g/mol. The molecule has 0 aromatic heterocycles. The number of benzene rings is 1. The van der Waals surface area contributed by atoms with Crippen LogP contribution in [0, 0.1) is 5.82 Å². The molecule has 1 aromatic rings. The maximum atomic E-state index is 14.2. The minimum absolute atomic E-state index is 0.0633. The van der Waals surface area contributed by atoms with Gasteiger partial charge in [0.15, 0.2) is 5.82 Å². The fourth-order valence-corrected chi connectivity index (χ4v) is 5.37. The van der Waals surface area contributed by atoms with Crippen molar-refractivity contribution >= 4 is 31.6 Å². The summed E-state index contributed by atoms with van der Waals surface area (Å²) in [4.78, 5) is -0.357. The number of halogens is 2. The van der Waals surface area contributed by atoms with Crippen molar-refractivity contribution in [3.05, 3.63) is 22.4 Å². The van der Waals surface area contributed by atoms with E-state index in [2.05, 4.69) is 15.9 Å². The van der Waals surface area contributed by atoms with Crippen LogP contribution in [0.3, 0.4) is 0 Å². The SMILES string of the molecule is C[C@@H]1CCC[C@H](C)N1S(=O)(=O)c1cc(N)cc(Br)c1F. The van der Waals surface area contributed by atoms with Gasteiger partial charge in [-0.2, -0.15) is 4.31 Å². The molecule has 1 fully saturated rings. The first-order chi connectivity index (χ1) is 9.25. The summed E-state index contributed by atoms with van der Waals surface area (Å²) >= 11 is 3.01. The zero-order valence-electron chi connectivity index (χ0n) is 11.4. The second kappa shape index (κ2) is 5.61. The van der Waals surface area contributed by atoms with E-state index in [4.69, 9.17) is 5.73 Å². The van der Waals surface area contributed by atoms with Gasteiger partial charge in [-0.1, -0.05) is 6.42 Å². The van der Waals surface area contributed by atoms with Crippen molar-refractivity contribution in [3.63, 3.8) is 0 Å². The van der Waals surface area contributed by atoms with Crippen LogP contribution >= 0.6 is 15.9 Å². The van der Waals surface area contributed by atoms with Crippen molar-refractivity contribution in [1.29, 1.82) is 0 Å². The lowest BCUT2D eigenvalue weighted by atomic mass is 10.0. The van der Waals surface area contributed by atoms with Crippen LogP contribution in [0.1, 0.15) is 33.1 Å². The van der Waals surface area contributed by atoms with E-state index in [1.165, 1.54) is 16.4 Å². The Balaban J connectivity index is 2.55. The summed E-state index contributed by atoms with van der Waals surface area (Å²) in [5.74, 6) is -0.788. The van der Waals surface area contributed by atoms with Crippen molar-refractivity contribution in [2.45, 2.75) is 50.1 Å². The van der Waals surface area contributed by atoms with E-state index in [1.807, 2.05) is 13.8 Å². The van der Waals surface area contributed by atoms with Crippen LogP contribution in [0.4, 0.5) is 10.1 Å². The lowest BCUT2D eigenvalue weighted by Crippen LogP contribution is -2.47. The average molecular weight is 365 g/mol. The average Bonchev–Trinajstić information content (AvgIpc) is 2.33. The fourth-order valence-electron chi connectivity index (χ4n) is 2.76. The van der Waals surface area contributed by atoms with Crippen LogP contribution in [0.2, 0.25) is 0 Å². The molecule has 1 aliphatic heterocycles. The van der Waals surface area contributed by atoms with Gasteiger partial charge in [0, 0.05) is 17.8 Å². The molecule has 7 heteroatoms. The summed E-state index contributed by atoms with van der Waals surface area (Å²) in [6.07, 6.45) is 2.56. The lowest BCUT2D eigenvalue weighted by molar-refractivity contribution is 0.203. The monoisotopic (exact) mass is 364 g/mol. The van der Waals surface area contributed by atoms with Gasteiger partial charge < -0.3 is 5.73 Å². The Morgan fingerprint density at radius 1 is 1.30 bits per heavy atom. The van der Waals surface area contributed by atoms with Crippen LogP contribution in [-0.4, -0.2) is 24.8 Å². The fraction of sp³-hybridized carbons (Fsp3) is 0.538. The Morgan fingerprint density at radius 3 is 2.40 bits per heavy atom. The molecule has 1 heterocycles. The third-order valence-electron chi connectivity index (χ3n) is 3.69. The summed E-state index contributed by atoms with van der Waals surface area (Å²) in [7, 11) is -3.89. The Labute approximate surface area is 127 Å². The highest BCUT2D eigenvalue weighted by Gasteiger charge is 2.37. The number of nitrogens with zero attached hydrogens (tertiary/aromatic N) is 1. The summed E-state index contributed by atoms with van der Waals surface area (Å²) in [6.45, 7) is 3.71. The Kier molecular flexibility index (Phi) is 4.41. The van der Waals surface area contributed by atoms with E-state index in [-0.39, 0.29) is 27.1 Å². The van der Waals surface area contributed by atoms with Gasteiger partial charge in [0.1, 0.15) is 4.90 Å². The molecule has 4 nitrogen and oxygen atoms in total. The molecule has 2 atom stereocenters. The number of nitrogens with two attached hydrogens (primary N) is 1. The third kappa shape index (κ3) is 2.71. The topological polar surface area (TPSA) is 63.4 Å². The molecule has 0 spiro atoms. The largest absolute Gasteiger partial charge is 0.399 e. The number of rotatable bonds is 2. The summed E-state index contributed by atoms with van der Waals surface area (Å²) in [5.41, 5.74) is 5.86. The third-order valence-corrected chi connectivity index (χ3v) is 6.39. The maximum Gasteiger partial charge on any atom is 0.246 e. The van der Waals surface area contributed by atoms with Gasteiger partial charge in [0.25, 0.3) is 0 Å². The van der Waals surface area contributed by atoms with E-state index in [0.29, 0.717) is 0 Å². The van der Waals surface area contributed by atoms with Gasteiger partial charge in [0.2, 0.25) is 10.0 Å². The van der Waals surface area contributed by atoms with Crippen LogP contribution in [0.5, 0.6) is 0 Å². The first-order valence-electron chi connectivity index (χ1n) is 6.53. The predicted octanol–water partition coefficient (Wildman–Crippen LogP) is 3.12. The number of hydrogen-bond donors (Lipinski definition) is 1. The highest BCUT2D eigenvalue weighted by atomic mass is 79.9. The first kappa shape index (κ1) is 15.7. The van der Waals surface area contributed by atoms with Gasteiger partial charge in [-0.05, 0) is 54.8 Å². The Morgan fingerprint density at radius 2 is 1.85 bits per heavy atom. The molecule has 112 valence electrons. The molecule has 2 rings (SSSR count). The van der Waals surface area contributed by atoms with Crippen molar-refractivity contribution in [2.24, 2.45) is 0 Å². The van der Waals surface area contributed by atoms with Crippen molar-refractivity contribution in [1.82, 2.24) is 4.31 Å². The van der Waals surface area contributed by atoms with Crippen LogP contribution in [0.25, 0.3) is 0 Å². The number of hydrogen-bond acceptors (Lipinski definition) is 3. The molecule has 1 aliphatic rings. The molecule has 1 saturated heterocycles. The molecule has 0 bridgehead atoms. The molecule has 2 N–H and O–H groups in total. The number of piperidine rings is 1. The standard InChI is InChI=1S/C13H18BrFN2O2S/c1-8-4-3-5-9(2)17(8)20(18,19)12-7-10(16)6-11(14)13(12)15/h6-9H,3-5,16H2,1-2H3/t8-,9+. The first-order valence-corrected chi connectivity index (χ1v) is 8.76. The Bertz CT molecular complexity index is 611. The number of sulfonamides is 1. The molecule has 20 heavy (non-hydrogen) atoms. The van der Waals surface area contributed by atoms with Gasteiger partial charge in [-0.25, -0.2) is 12.8 Å². The van der Waals surface area contributed by atoms with E-state index in [0.717, 1.165) is 19.3 Å². The van der Waals surface area contributed by atoms with Crippen LogP contribution in [-0.2, 0) is 10.0 Å². The zero-order valence-corrected chi connectivity index (χ0v) is 13.8. The summed E-state index contributed by atoms with van der Waals surface area (Å²) in [5, 5.41) is 0. The quantitative estimate of drug-likeness (QED) is 0.819. The highest BCUT2D eigenvalue weighted by molar-refractivity contribution is 9.10. The molecule has 0 saturated carbocycles. The maximum absolute atomic E-state index is 14.2. The molecule has 0 unspecified atom stereocenters. The molecular formula is C13H18BrFN2O2S. The van der Waals surface area contributed by atoms with E-state index in [9.17, 15) is 12.8 Å². The summed E-state index contributed by atoms with van der Waals surface area (Å²) in [6, 6.07) is 2.27. The van der Waals surface area contributed by atoms with Crippen LogP contribution < -0.4 is 5.73 Å². The van der Waals surface area contributed by atoms with E-state index in [1.54, 1.807) is 0 Å². The summed E-state index contributed by atoms with van der Waals surface area (Å²) < 4.78 is 41.1. The second-order valence-electron chi connectivity index (χ2n) is 5.28. The second-order valence-corrected chi connectivity index (χ2v) is 7.94. The van der Waals surface area contributed by atoms with Crippen molar-refractivity contribution in [2.75, 3.05) is 5.73 Å². The minimum atomic E-state index is -3.89. The predicted molar refractivity (Wildman–Crippen MR) is 80.3 cm³/mol. The number of nitrogen functional groups attached to an aromatic ring is 1. The van der Waals surface area contributed by atoms with Gasteiger partial charge in [0.05, 0.1) is 4.47 Å². The Hall–Kier alpha value is -0.660.